The third-order valence-electron chi connectivity index (χ3n) is 3.13. The molecule has 0 aliphatic carbocycles. The summed E-state index contributed by atoms with van der Waals surface area (Å²) in [7, 11) is 1.67. The topological polar surface area (TPSA) is 29.1 Å². The van der Waals surface area contributed by atoms with Crippen LogP contribution in [-0.4, -0.2) is 13.0 Å². The zero-order chi connectivity index (χ0) is 11.6. The van der Waals surface area contributed by atoms with E-state index in [1.807, 2.05) is 0 Å². The number of aryl methyl sites for hydroxylation is 2. The molecule has 0 unspecified atom stereocenters. The van der Waals surface area contributed by atoms with E-state index in [0.29, 0.717) is 6.42 Å². The second-order valence-corrected chi connectivity index (χ2v) is 4.09. The molecule has 82 valence electrons. The van der Waals surface area contributed by atoms with Crippen LogP contribution in [0, 0.1) is 27.7 Å². The summed E-state index contributed by atoms with van der Waals surface area (Å²) in [6, 6.07) is 2.15. The monoisotopic (exact) mass is 205 g/mol. The maximum absolute atomic E-state index is 11.4. The van der Waals surface area contributed by atoms with Crippen molar-refractivity contribution in [2.45, 2.75) is 34.1 Å². The van der Waals surface area contributed by atoms with Gasteiger partial charge in [-0.25, -0.2) is 0 Å². The van der Waals surface area contributed by atoms with Crippen molar-refractivity contribution in [1.82, 2.24) is 5.32 Å². The van der Waals surface area contributed by atoms with Crippen molar-refractivity contribution in [3.05, 3.63) is 33.9 Å². The molecule has 0 saturated heterocycles. The molecule has 2 heteroatoms. The molecule has 1 N–H and O–H groups in total. The van der Waals surface area contributed by atoms with Crippen LogP contribution in [0.15, 0.2) is 6.07 Å². The quantitative estimate of drug-likeness (QED) is 0.788. The SMILES string of the molecule is CNC(=O)Cc1c(C)cc(C)c(C)c1C. The third-order valence-corrected chi connectivity index (χ3v) is 3.13. The Bertz CT molecular complexity index is 394. The van der Waals surface area contributed by atoms with Gasteiger partial charge in [0.15, 0.2) is 0 Å². The Morgan fingerprint density at radius 2 is 1.73 bits per heavy atom. The minimum absolute atomic E-state index is 0.0736. The molecule has 0 aliphatic heterocycles. The van der Waals surface area contributed by atoms with Crippen LogP contribution < -0.4 is 5.32 Å². The van der Waals surface area contributed by atoms with Gasteiger partial charge in [0.1, 0.15) is 0 Å². The highest BCUT2D eigenvalue weighted by Gasteiger charge is 2.10. The van der Waals surface area contributed by atoms with Gasteiger partial charge in [0.05, 0.1) is 6.42 Å². The van der Waals surface area contributed by atoms with E-state index in [9.17, 15) is 4.79 Å². The number of nitrogens with one attached hydrogen (secondary N) is 1. The number of hydrogen-bond acceptors (Lipinski definition) is 1. The van der Waals surface area contributed by atoms with Crippen molar-refractivity contribution in [3.8, 4) is 0 Å². The van der Waals surface area contributed by atoms with E-state index in [1.165, 1.54) is 22.3 Å². The van der Waals surface area contributed by atoms with Crippen LogP contribution in [0.1, 0.15) is 27.8 Å². The second-order valence-electron chi connectivity index (χ2n) is 4.09. The summed E-state index contributed by atoms with van der Waals surface area (Å²) in [6.07, 6.45) is 0.481. The number of likely N-dealkylation sites (N-methyl/N-ethyl adjacent to an activating group) is 1. The number of amides is 1. The van der Waals surface area contributed by atoms with Crippen LogP contribution in [0.3, 0.4) is 0 Å². The lowest BCUT2D eigenvalue weighted by Crippen LogP contribution is -2.21. The van der Waals surface area contributed by atoms with Crippen molar-refractivity contribution in [3.63, 3.8) is 0 Å². The summed E-state index contributed by atoms with van der Waals surface area (Å²) in [5, 5.41) is 2.66. The van der Waals surface area contributed by atoms with E-state index >= 15 is 0 Å². The predicted molar refractivity (Wildman–Crippen MR) is 63.2 cm³/mol. The molecule has 0 heterocycles. The molecular formula is C13H19NO. The molecule has 15 heavy (non-hydrogen) atoms. The minimum atomic E-state index is 0.0736. The summed E-state index contributed by atoms with van der Waals surface area (Å²) < 4.78 is 0. The van der Waals surface area contributed by atoms with Gasteiger partial charge in [0.25, 0.3) is 0 Å². The van der Waals surface area contributed by atoms with E-state index in [0.717, 1.165) is 5.56 Å². The van der Waals surface area contributed by atoms with E-state index in [-0.39, 0.29) is 5.91 Å². The lowest BCUT2D eigenvalue weighted by atomic mass is 9.92. The first kappa shape index (κ1) is 11.8. The fraction of sp³-hybridized carbons (Fsp3) is 0.462. The smallest absolute Gasteiger partial charge is 0.224 e. The molecule has 0 saturated carbocycles. The van der Waals surface area contributed by atoms with Crippen LogP contribution in [0.2, 0.25) is 0 Å². The number of carbonyl (C=O) groups is 1. The molecule has 0 radical (unpaired) electrons. The second kappa shape index (κ2) is 4.47. The van der Waals surface area contributed by atoms with Crippen molar-refractivity contribution in [2.24, 2.45) is 0 Å². The highest BCUT2D eigenvalue weighted by Crippen LogP contribution is 2.21. The Morgan fingerprint density at radius 1 is 1.13 bits per heavy atom. The van der Waals surface area contributed by atoms with Crippen LogP contribution >= 0.6 is 0 Å². The number of hydrogen-bond donors (Lipinski definition) is 1. The van der Waals surface area contributed by atoms with Gasteiger partial charge in [0, 0.05) is 7.05 Å². The molecule has 0 aromatic heterocycles. The molecule has 1 amide bonds. The molecule has 0 atom stereocenters. The first-order valence-electron chi connectivity index (χ1n) is 5.24. The van der Waals surface area contributed by atoms with Gasteiger partial charge in [-0.3, -0.25) is 4.79 Å². The number of rotatable bonds is 2. The fourth-order valence-corrected chi connectivity index (χ4v) is 1.86. The molecule has 1 aromatic carbocycles. The molecule has 0 fully saturated rings. The van der Waals surface area contributed by atoms with Gasteiger partial charge in [-0.15, -0.1) is 0 Å². The van der Waals surface area contributed by atoms with E-state index in [2.05, 4.69) is 39.1 Å². The lowest BCUT2D eigenvalue weighted by molar-refractivity contribution is -0.119. The van der Waals surface area contributed by atoms with Crippen molar-refractivity contribution >= 4 is 5.91 Å². The van der Waals surface area contributed by atoms with E-state index in [1.54, 1.807) is 7.05 Å². The van der Waals surface area contributed by atoms with E-state index < -0.39 is 0 Å². The summed E-state index contributed by atoms with van der Waals surface area (Å²) in [5.74, 6) is 0.0736. The average molecular weight is 205 g/mol. The largest absolute Gasteiger partial charge is 0.359 e. The summed E-state index contributed by atoms with van der Waals surface area (Å²) in [6.45, 7) is 8.38. The summed E-state index contributed by atoms with van der Waals surface area (Å²) >= 11 is 0. The third kappa shape index (κ3) is 2.38. The normalized spacial score (nSPS) is 10.2. The summed E-state index contributed by atoms with van der Waals surface area (Å²) in [5.41, 5.74) is 6.21. The van der Waals surface area contributed by atoms with Crippen LogP contribution in [0.4, 0.5) is 0 Å². The Morgan fingerprint density at radius 3 is 2.27 bits per heavy atom. The first-order chi connectivity index (χ1) is 6.97. The van der Waals surface area contributed by atoms with E-state index in [4.69, 9.17) is 0 Å². The zero-order valence-electron chi connectivity index (χ0n) is 10.2. The lowest BCUT2D eigenvalue weighted by Gasteiger charge is -2.14. The number of benzene rings is 1. The average Bonchev–Trinajstić information content (AvgIpc) is 2.21. The fourth-order valence-electron chi connectivity index (χ4n) is 1.86. The van der Waals surface area contributed by atoms with Gasteiger partial charge in [0.2, 0.25) is 5.91 Å². The molecule has 2 nitrogen and oxygen atoms in total. The Labute approximate surface area is 91.7 Å². The zero-order valence-corrected chi connectivity index (χ0v) is 10.2. The highest BCUT2D eigenvalue weighted by molar-refractivity contribution is 5.79. The van der Waals surface area contributed by atoms with Crippen LogP contribution in [-0.2, 0) is 11.2 Å². The molecule has 0 spiro atoms. The molecule has 0 bridgehead atoms. The van der Waals surface area contributed by atoms with Crippen molar-refractivity contribution in [1.29, 1.82) is 0 Å². The Hall–Kier alpha value is -1.31. The predicted octanol–water partition coefficient (Wildman–Crippen LogP) is 2.21. The standard InChI is InChI=1S/C13H19NO/c1-8-6-9(2)12(7-13(15)14-5)11(4)10(8)3/h6H,7H2,1-5H3,(H,14,15). The van der Waals surface area contributed by atoms with Gasteiger partial charge in [-0.05, 0) is 55.5 Å². The van der Waals surface area contributed by atoms with Crippen LogP contribution in [0.5, 0.6) is 0 Å². The Balaban J connectivity index is 3.18. The molecule has 0 aliphatic rings. The van der Waals surface area contributed by atoms with Crippen LogP contribution in [0.25, 0.3) is 0 Å². The first-order valence-corrected chi connectivity index (χ1v) is 5.24. The maximum Gasteiger partial charge on any atom is 0.224 e. The highest BCUT2D eigenvalue weighted by atomic mass is 16.1. The van der Waals surface area contributed by atoms with Crippen molar-refractivity contribution < 1.29 is 4.79 Å². The number of carbonyl (C=O) groups excluding carboxylic acids is 1. The van der Waals surface area contributed by atoms with Gasteiger partial charge in [-0.1, -0.05) is 6.07 Å². The molecule has 1 aromatic rings. The molecule has 1 rings (SSSR count). The minimum Gasteiger partial charge on any atom is -0.359 e. The molecular weight excluding hydrogens is 186 g/mol. The summed E-state index contributed by atoms with van der Waals surface area (Å²) in [4.78, 5) is 11.4. The Kier molecular flexibility index (Phi) is 3.51. The van der Waals surface area contributed by atoms with Crippen molar-refractivity contribution in [2.75, 3.05) is 7.05 Å². The van der Waals surface area contributed by atoms with Gasteiger partial charge >= 0.3 is 0 Å². The van der Waals surface area contributed by atoms with Gasteiger partial charge in [-0.2, -0.15) is 0 Å². The van der Waals surface area contributed by atoms with Gasteiger partial charge < -0.3 is 5.32 Å². The maximum atomic E-state index is 11.4.